The molecule has 0 spiro atoms. The first-order valence-electron chi connectivity index (χ1n) is 6.78. The van der Waals surface area contributed by atoms with E-state index in [2.05, 4.69) is 15.6 Å². The average Bonchev–Trinajstić information content (AvgIpc) is 2.89. The number of carboxylic acid groups (broad SMARTS) is 1. The van der Waals surface area contributed by atoms with Gasteiger partial charge in [-0.15, -0.1) is 0 Å². The Morgan fingerprint density at radius 1 is 1.26 bits per heavy atom. The van der Waals surface area contributed by atoms with Crippen LogP contribution in [0.4, 0.5) is 0 Å². The lowest BCUT2D eigenvalue weighted by atomic mass is 10.4. The number of rotatable bonds is 7. The zero-order valence-corrected chi connectivity index (χ0v) is 12.4. The van der Waals surface area contributed by atoms with Gasteiger partial charge < -0.3 is 24.9 Å². The molecule has 2 aromatic rings. The van der Waals surface area contributed by atoms with Gasteiger partial charge in [0.2, 0.25) is 5.91 Å². The number of carboxylic acids is 1. The maximum atomic E-state index is 11.6. The maximum absolute atomic E-state index is 11.6. The van der Waals surface area contributed by atoms with E-state index in [1.165, 1.54) is 0 Å². The standard InChI is InChI=1S/C14H16N4O5/c1-9-7-18-4-2-3-10(14(18)17-9)23-8-12(20)15-5-11(19)16-6-13(21)22/h2-4,7H,5-6,8H2,1H3,(H,15,20)(H,16,19)(H,21,22). The van der Waals surface area contributed by atoms with Crippen molar-refractivity contribution in [2.45, 2.75) is 6.92 Å². The number of carbonyl (C=O) groups excluding carboxylic acids is 2. The molecule has 0 aliphatic carbocycles. The highest BCUT2D eigenvalue weighted by Gasteiger charge is 2.10. The topological polar surface area (TPSA) is 122 Å². The Kier molecular flexibility index (Phi) is 5.13. The van der Waals surface area contributed by atoms with Crippen LogP contribution in [0.15, 0.2) is 24.5 Å². The summed E-state index contributed by atoms with van der Waals surface area (Å²) in [6.07, 6.45) is 3.64. The number of hydrogen-bond acceptors (Lipinski definition) is 5. The van der Waals surface area contributed by atoms with E-state index in [4.69, 9.17) is 9.84 Å². The fourth-order valence-electron chi connectivity index (χ4n) is 1.83. The summed E-state index contributed by atoms with van der Waals surface area (Å²) >= 11 is 0. The van der Waals surface area contributed by atoms with E-state index >= 15 is 0 Å². The second kappa shape index (κ2) is 7.25. The van der Waals surface area contributed by atoms with Gasteiger partial charge in [0, 0.05) is 12.4 Å². The fourth-order valence-corrected chi connectivity index (χ4v) is 1.83. The van der Waals surface area contributed by atoms with E-state index in [9.17, 15) is 14.4 Å². The zero-order valence-electron chi connectivity index (χ0n) is 12.4. The lowest BCUT2D eigenvalue weighted by Gasteiger charge is -2.08. The first-order chi connectivity index (χ1) is 11.0. The number of carbonyl (C=O) groups is 3. The number of aryl methyl sites for hydroxylation is 1. The third kappa shape index (κ3) is 4.70. The number of fused-ring (bicyclic) bond motifs is 1. The van der Waals surface area contributed by atoms with Crippen LogP contribution in [-0.4, -0.2) is 52.0 Å². The normalized spacial score (nSPS) is 10.3. The third-order valence-electron chi connectivity index (χ3n) is 2.81. The van der Waals surface area contributed by atoms with Gasteiger partial charge >= 0.3 is 5.97 Å². The first kappa shape index (κ1) is 16.3. The van der Waals surface area contributed by atoms with Crippen LogP contribution in [0.5, 0.6) is 5.75 Å². The summed E-state index contributed by atoms with van der Waals surface area (Å²) < 4.78 is 7.18. The Labute approximate surface area is 131 Å². The number of hydrogen-bond donors (Lipinski definition) is 3. The van der Waals surface area contributed by atoms with E-state index in [-0.39, 0.29) is 13.2 Å². The van der Waals surface area contributed by atoms with Crippen LogP contribution in [0.2, 0.25) is 0 Å². The number of nitrogens with one attached hydrogen (secondary N) is 2. The van der Waals surface area contributed by atoms with Gasteiger partial charge in [-0.2, -0.15) is 0 Å². The molecule has 0 fully saturated rings. The first-order valence-corrected chi connectivity index (χ1v) is 6.78. The lowest BCUT2D eigenvalue weighted by Crippen LogP contribution is -2.40. The minimum atomic E-state index is -1.16. The number of aliphatic carboxylic acids is 1. The molecule has 9 nitrogen and oxygen atoms in total. The smallest absolute Gasteiger partial charge is 0.322 e. The molecule has 0 saturated heterocycles. The summed E-state index contributed by atoms with van der Waals surface area (Å²) in [7, 11) is 0. The molecule has 0 aromatic carbocycles. The number of amides is 2. The van der Waals surface area contributed by atoms with Crippen molar-refractivity contribution in [3.63, 3.8) is 0 Å². The number of aromatic nitrogens is 2. The van der Waals surface area contributed by atoms with E-state index in [1.54, 1.807) is 16.5 Å². The van der Waals surface area contributed by atoms with E-state index in [1.807, 2.05) is 19.3 Å². The fraction of sp³-hybridized carbons (Fsp3) is 0.286. The van der Waals surface area contributed by atoms with Gasteiger partial charge in [0.05, 0.1) is 12.2 Å². The summed E-state index contributed by atoms with van der Waals surface area (Å²) in [6.45, 7) is 0.756. The molecular formula is C14H16N4O5. The predicted octanol–water partition coefficient (Wildman–Crippen LogP) is -0.661. The van der Waals surface area contributed by atoms with Crippen molar-refractivity contribution < 1.29 is 24.2 Å². The largest absolute Gasteiger partial charge is 0.480 e. The Morgan fingerprint density at radius 3 is 2.74 bits per heavy atom. The molecule has 2 amide bonds. The number of ether oxygens (including phenoxy) is 1. The zero-order chi connectivity index (χ0) is 16.8. The van der Waals surface area contributed by atoms with E-state index < -0.39 is 24.3 Å². The van der Waals surface area contributed by atoms with E-state index in [0.717, 1.165) is 5.69 Å². The van der Waals surface area contributed by atoms with Gasteiger partial charge in [0.25, 0.3) is 5.91 Å². The van der Waals surface area contributed by atoms with Gasteiger partial charge in [-0.3, -0.25) is 14.4 Å². The quantitative estimate of drug-likeness (QED) is 0.622. The average molecular weight is 320 g/mol. The third-order valence-corrected chi connectivity index (χ3v) is 2.81. The maximum Gasteiger partial charge on any atom is 0.322 e. The highest BCUT2D eigenvalue weighted by molar-refractivity contribution is 5.87. The summed E-state index contributed by atoms with van der Waals surface area (Å²) in [5.74, 6) is -1.80. The van der Waals surface area contributed by atoms with Crippen LogP contribution in [0.3, 0.4) is 0 Å². The molecule has 0 aliphatic rings. The molecule has 2 aromatic heterocycles. The minimum Gasteiger partial charge on any atom is -0.480 e. The number of nitrogens with zero attached hydrogens (tertiary/aromatic N) is 2. The molecule has 3 N–H and O–H groups in total. The van der Waals surface area contributed by atoms with Crippen LogP contribution >= 0.6 is 0 Å². The molecule has 2 heterocycles. The molecule has 2 rings (SSSR count). The summed E-state index contributed by atoms with van der Waals surface area (Å²) in [5.41, 5.74) is 1.41. The minimum absolute atomic E-state index is 0.280. The van der Waals surface area contributed by atoms with Crippen molar-refractivity contribution in [1.29, 1.82) is 0 Å². The highest BCUT2D eigenvalue weighted by Crippen LogP contribution is 2.18. The van der Waals surface area contributed by atoms with Crippen molar-refractivity contribution in [3.8, 4) is 5.75 Å². The molecule has 122 valence electrons. The predicted molar refractivity (Wildman–Crippen MR) is 79.1 cm³/mol. The van der Waals surface area contributed by atoms with Crippen LogP contribution in [0, 0.1) is 6.92 Å². The van der Waals surface area contributed by atoms with Crippen molar-refractivity contribution in [2.24, 2.45) is 0 Å². The molecule has 0 unspecified atom stereocenters. The van der Waals surface area contributed by atoms with Crippen LogP contribution in [-0.2, 0) is 14.4 Å². The van der Waals surface area contributed by atoms with Gasteiger partial charge in [-0.05, 0) is 19.1 Å². The van der Waals surface area contributed by atoms with Crippen LogP contribution < -0.4 is 15.4 Å². The Hall–Kier alpha value is -3.10. The number of pyridine rings is 1. The second-order valence-electron chi connectivity index (χ2n) is 4.72. The Bertz CT molecular complexity index is 740. The van der Waals surface area contributed by atoms with Gasteiger partial charge in [0.15, 0.2) is 18.0 Å². The molecule has 0 radical (unpaired) electrons. The Balaban J connectivity index is 1.82. The monoisotopic (exact) mass is 320 g/mol. The number of imidazole rings is 1. The molecular weight excluding hydrogens is 304 g/mol. The molecule has 0 saturated carbocycles. The summed E-state index contributed by atoms with van der Waals surface area (Å²) in [6, 6.07) is 3.45. The summed E-state index contributed by atoms with van der Waals surface area (Å²) in [5, 5.41) is 12.9. The van der Waals surface area contributed by atoms with Crippen molar-refractivity contribution >= 4 is 23.4 Å². The van der Waals surface area contributed by atoms with Crippen LogP contribution in [0.25, 0.3) is 5.65 Å². The van der Waals surface area contributed by atoms with Gasteiger partial charge in [-0.25, -0.2) is 4.98 Å². The highest BCUT2D eigenvalue weighted by atomic mass is 16.5. The Morgan fingerprint density at radius 2 is 2.00 bits per heavy atom. The molecule has 9 heteroatoms. The molecule has 23 heavy (non-hydrogen) atoms. The van der Waals surface area contributed by atoms with Gasteiger partial charge in [0.1, 0.15) is 6.54 Å². The van der Waals surface area contributed by atoms with Crippen molar-refractivity contribution in [3.05, 3.63) is 30.2 Å². The van der Waals surface area contributed by atoms with Crippen LogP contribution in [0.1, 0.15) is 5.69 Å². The van der Waals surface area contributed by atoms with Gasteiger partial charge in [-0.1, -0.05) is 0 Å². The lowest BCUT2D eigenvalue weighted by molar-refractivity contribution is -0.137. The van der Waals surface area contributed by atoms with E-state index in [0.29, 0.717) is 11.4 Å². The molecule has 0 atom stereocenters. The SMILES string of the molecule is Cc1cn2cccc(OCC(=O)NCC(=O)NCC(=O)O)c2n1. The molecule has 0 bridgehead atoms. The van der Waals surface area contributed by atoms with Crippen molar-refractivity contribution in [1.82, 2.24) is 20.0 Å². The second-order valence-corrected chi connectivity index (χ2v) is 4.72. The summed E-state index contributed by atoms with van der Waals surface area (Å²) in [4.78, 5) is 37.5. The molecule has 0 aliphatic heterocycles. The van der Waals surface area contributed by atoms with Crippen molar-refractivity contribution in [2.75, 3.05) is 19.7 Å².